The lowest BCUT2D eigenvalue weighted by atomic mass is 9.93. The highest BCUT2D eigenvalue weighted by Gasteiger charge is 2.30. The van der Waals surface area contributed by atoms with E-state index in [1.54, 1.807) is 0 Å². The minimum Gasteiger partial charge on any atom is -0.486 e. The fourth-order valence-corrected chi connectivity index (χ4v) is 3.03. The standard InChI is InChI=1S/C18H20O3/c1-11-8-12(2)17(13(3)9-11)18(19)16-10-20-14-6-4-5-7-15(14)21-16/h4-9,16,18-19H,10H2,1-3H3. The largest absolute Gasteiger partial charge is 0.486 e. The van der Waals surface area contributed by atoms with Gasteiger partial charge in [-0.3, -0.25) is 0 Å². The van der Waals surface area contributed by atoms with Crippen molar-refractivity contribution in [3.8, 4) is 11.5 Å². The first-order chi connectivity index (χ1) is 10.1. The lowest BCUT2D eigenvalue weighted by Gasteiger charge is -2.31. The molecular formula is C18H20O3. The summed E-state index contributed by atoms with van der Waals surface area (Å²) in [5.41, 5.74) is 4.31. The average Bonchev–Trinajstić information content (AvgIpc) is 2.45. The molecule has 0 bridgehead atoms. The van der Waals surface area contributed by atoms with Crippen molar-refractivity contribution in [2.75, 3.05) is 6.61 Å². The Morgan fingerprint density at radius 3 is 2.33 bits per heavy atom. The highest BCUT2D eigenvalue weighted by atomic mass is 16.6. The molecule has 1 N–H and O–H groups in total. The molecule has 21 heavy (non-hydrogen) atoms. The van der Waals surface area contributed by atoms with Crippen LogP contribution in [0.1, 0.15) is 28.4 Å². The Bertz CT molecular complexity index is 640. The van der Waals surface area contributed by atoms with Gasteiger partial charge in [0.05, 0.1) is 0 Å². The normalized spacial score (nSPS) is 18.4. The minimum atomic E-state index is -0.695. The summed E-state index contributed by atoms with van der Waals surface area (Å²) in [5.74, 6) is 1.42. The second kappa shape index (κ2) is 5.41. The number of aliphatic hydroxyl groups is 1. The molecule has 0 aliphatic carbocycles. The molecule has 3 heteroatoms. The van der Waals surface area contributed by atoms with Crippen LogP contribution in [-0.2, 0) is 0 Å². The summed E-state index contributed by atoms with van der Waals surface area (Å²) in [6, 6.07) is 11.7. The zero-order valence-corrected chi connectivity index (χ0v) is 12.6. The summed E-state index contributed by atoms with van der Waals surface area (Å²) in [4.78, 5) is 0. The summed E-state index contributed by atoms with van der Waals surface area (Å²) < 4.78 is 11.6. The summed E-state index contributed by atoms with van der Waals surface area (Å²) in [7, 11) is 0. The van der Waals surface area contributed by atoms with E-state index in [-0.39, 0.29) is 6.10 Å². The molecule has 2 aromatic carbocycles. The van der Waals surface area contributed by atoms with Crippen molar-refractivity contribution < 1.29 is 14.6 Å². The second-order valence-electron chi connectivity index (χ2n) is 5.67. The molecule has 110 valence electrons. The van der Waals surface area contributed by atoms with Crippen molar-refractivity contribution in [1.29, 1.82) is 0 Å². The zero-order valence-electron chi connectivity index (χ0n) is 12.6. The van der Waals surface area contributed by atoms with Crippen LogP contribution in [0.15, 0.2) is 36.4 Å². The Morgan fingerprint density at radius 2 is 1.67 bits per heavy atom. The van der Waals surface area contributed by atoms with E-state index < -0.39 is 6.10 Å². The maximum atomic E-state index is 10.7. The van der Waals surface area contributed by atoms with E-state index in [9.17, 15) is 5.11 Å². The van der Waals surface area contributed by atoms with Gasteiger partial charge in [-0.1, -0.05) is 29.8 Å². The van der Waals surface area contributed by atoms with E-state index in [2.05, 4.69) is 19.1 Å². The van der Waals surface area contributed by atoms with Crippen LogP contribution >= 0.6 is 0 Å². The molecule has 0 saturated heterocycles. The number of benzene rings is 2. The topological polar surface area (TPSA) is 38.7 Å². The smallest absolute Gasteiger partial charge is 0.163 e. The van der Waals surface area contributed by atoms with E-state index in [0.29, 0.717) is 12.4 Å². The van der Waals surface area contributed by atoms with Gasteiger partial charge in [0.1, 0.15) is 12.7 Å². The van der Waals surface area contributed by atoms with Gasteiger partial charge in [0.15, 0.2) is 17.6 Å². The van der Waals surface area contributed by atoms with Gasteiger partial charge in [0, 0.05) is 0 Å². The Labute approximate surface area is 125 Å². The van der Waals surface area contributed by atoms with E-state index in [0.717, 1.165) is 22.4 Å². The molecule has 1 heterocycles. The van der Waals surface area contributed by atoms with Crippen LogP contribution in [0.4, 0.5) is 0 Å². The molecule has 0 saturated carbocycles. The lowest BCUT2D eigenvalue weighted by molar-refractivity contribution is -0.0118. The number of ether oxygens (including phenoxy) is 2. The van der Waals surface area contributed by atoms with Gasteiger partial charge in [0.25, 0.3) is 0 Å². The lowest BCUT2D eigenvalue weighted by Crippen LogP contribution is -2.35. The third-order valence-electron chi connectivity index (χ3n) is 3.92. The Morgan fingerprint density at radius 1 is 1.05 bits per heavy atom. The van der Waals surface area contributed by atoms with Crippen LogP contribution in [0.3, 0.4) is 0 Å². The molecule has 2 aromatic rings. The van der Waals surface area contributed by atoms with Crippen LogP contribution in [0, 0.1) is 20.8 Å². The summed E-state index contributed by atoms with van der Waals surface area (Å²) >= 11 is 0. The molecule has 0 fully saturated rings. The van der Waals surface area contributed by atoms with Gasteiger partial charge in [-0.2, -0.15) is 0 Å². The number of aliphatic hydroxyl groups excluding tert-OH is 1. The molecule has 1 aliphatic heterocycles. The number of para-hydroxylation sites is 2. The van der Waals surface area contributed by atoms with Crippen LogP contribution in [0.25, 0.3) is 0 Å². The van der Waals surface area contributed by atoms with Gasteiger partial charge in [0.2, 0.25) is 0 Å². The summed E-state index contributed by atoms with van der Waals surface area (Å²) in [5, 5.41) is 10.7. The number of aryl methyl sites for hydroxylation is 3. The van der Waals surface area contributed by atoms with Crippen LogP contribution in [0.5, 0.6) is 11.5 Å². The van der Waals surface area contributed by atoms with E-state index in [1.807, 2.05) is 38.1 Å². The van der Waals surface area contributed by atoms with Gasteiger partial charge < -0.3 is 14.6 Å². The number of hydrogen-bond acceptors (Lipinski definition) is 3. The van der Waals surface area contributed by atoms with E-state index in [4.69, 9.17) is 9.47 Å². The van der Waals surface area contributed by atoms with Crippen molar-refractivity contribution >= 4 is 0 Å². The van der Waals surface area contributed by atoms with Crippen LogP contribution in [0.2, 0.25) is 0 Å². The van der Waals surface area contributed by atoms with Gasteiger partial charge in [-0.15, -0.1) is 0 Å². The van der Waals surface area contributed by atoms with Gasteiger partial charge >= 0.3 is 0 Å². The zero-order chi connectivity index (χ0) is 15.0. The number of fused-ring (bicyclic) bond motifs is 1. The van der Waals surface area contributed by atoms with Crippen molar-refractivity contribution in [1.82, 2.24) is 0 Å². The van der Waals surface area contributed by atoms with Crippen LogP contribution < -0.4 is 9.47 Å². The molecule has 0 radical (unpaired) electrons. The van der Waals surface area contributed by atoms with E-state index >= 15 is 0 Å². The van der Waals surface area contributed by atoms with Gasteiger partial charge in [-0.25, -0.2) is 0 Å². The minimum absolute atomic E-state index is 0.352. The number of rotatable bonds is 2. The molecule has 2 atom stereocenters. The quantitative estimate of drug-likeness (QED) is 0.917. The SMILES string of the molecule is Cc1cc(C)c(C(O)C2COc3ccccc3O2)c(C)c1. The Balaban J connectivity index is 1.89. The van der Waals surface area contributed by atoms with Crippen molar-refractivity contribution in [3.63, 3.8) is 0 Å². The average molecular weight is 284 g/mol. The summed E-state index contributed by atoms with van der Waals surface area (Å²) in [6.45, 7) is 6.46. The highest BCUT2D eigenvalue weighted by molar-refractivity contribution is 5.43. The van der Waals surface area contributed by atoms with Crippen molar-refractivity contribution in [2.45, 2.75) is 33.0 Å². The predicted molar refractivity (Wildman–Crippen MR) is 82.0 cm³/mol. The second-order valence-corrected chi connectivity index (χ2v) is 5.67. The van der Waals surface area contributed by atoms with Crippen LogP contribution in [-0.4, -0.2) is 17.8 Å². The number of hydrogen-bond donors (Lipinski definition) is 1. The first-order valence-electron chi connectivity index (χ1n) is 7.20. The first-order valence-corrected chi connectivity index (χ1v) is 7.20. The molecule has 3 rings (SSSR count). The molecular weight excluding hydrogens is 264 g/mol. The predicted octanol–water partition coefficient (Wildman–Crippen LogP) is 3.49. The first kappa shape index (κ1) is 14.0. The highest BCUT2D eigenvalue weighted by Crippen LogP contribution is 2.35. The maximum Gasteiger partial charge on any atom is 0.163 e. The van der Waals surface area contributed by atoms with Crippen molar-refractivity contribution in [2.24, 2.45) is 0 Å². The third kappa shape index (κ3) is 2.61. The molecule has 0 amide bonds. The summed E-state index contributed by atoms with van der Waals surface area (Å²) in [6.07, 6.45) is -1.08. The molecule has 2 unspecified atom stereocenters. The maximum absolute atomic E-state index is 10.7. The Hall–Kier alpha value is -2.00. The molecule has 0 spiro atoms. The third-order valence-corrected chi connectivity index (χ3v) is 3.92. The van der Waals surface area contributed by atoms with Crippen molar-refractivity contribution in [3.05, 3.63) is 58.7 Å². The monoisotopic (exact) mass is 284 g/mol. The van der Waals surface area contributed by atoms with Gasteiger partial charge in [-0.05, 0) is 49.6 Å². The molecule has 1 aliphatic rings. The van der Waals surface area contributed by atoms with E-state index in [1.165, 1.54) is 5.56 Å². The molecule has 3 nitrogen and oxygen atoms in total. The Kier molecular flexibility index (Phi) is 3.60. The fraction of sp³-hybridized carbons (Fsp3) is 0.333. The fourth-order valence-electron chi connectivity index (χ4n) is 3.03. The molecule has 0 aromatic heterocycles.